The Balaban J connectivity index is 2.02. The Morgan fingerprint density at radius 2 is 1.62 bits per heavy atom. The molecule has 0 N–H and O–H groups in total. The standard InChI is InChI=1S/C7H10O/c1-2-7-5-3-4(5)6(1)8-7/h4-7H,1-3H2. The molecule has 2 bridgehead atoms. The Morgan fingerprint density at radius 3 is 2.00 bits per heavy atom. The highest BCUT2D eigenvalue weighted by Crippen LogP contribution is 2.58. The van der Waals surface area contributed by atoms with E-state index in [9.17, 15) is 0 Å². The molecule has 0 spiro atoms. The van der Waals surface area contributed by atoms with Crippen molar-refractivity contribution in [1.82, 2.24) is 0 Å². The first-order valence-corrected chi connectivity index (χ1v) is 3.60. The van der Waals surface area contributed by atoms with Gasteiger partial charge in [-0.3, -0.25) is 0 Å². The molecule has 1 heteroatoms. The second-order valence-corrected chi connectivity index (χ2v) is 3.35. The first-order valence-electron chi connectivity index (χ1n) is 3.60. The van der Waals surface area contributed by atoms with Gasteiger partial charge in [0.25, 0.3) is 0 Å². The quantitative estimate of drug-likeness (QED) is 0.455. The van der Waals surface area contributed by atoms with Crippen LogP contribution in [0.25, 0.3) is 0 Å². The zero-order chi connectivity index (χ0) is 5.14. The van der Waals surface area contributed by atoms with Gasteiger partial charge in [0.15, 0.2) is 0 Å². The van der Waals surface area contributed by atoms with E-state index in [1.165, 1.54) is 19.3 Å². The summed E-state index contributed by atoms with van der Waals surface area (Å²) < 4.78 is 5.63. The molecule has 8 heavy (non-hydrogen) atoms. The van der Waals surface area contributed by atoms with Crippen LogP contribution in [0.4, 0.5) is 0 Å². The summed E-state index contributed by atoms with van der Waals surface area (Å²) in [5.74, 6) is 2.04. The van der Waals surface area contributed by atoms with Crippen LogP contribution in [0.3, 0.4) is 0 Å². The third-order valence-electron chi connectivity index (χ3n) is 2.93. The fourth-order valence-corrected chi connectivity index (χ4v) is 2.41. The van der Waals surface area contributed by atoms with E-state index in [0.29, 0.717) is 12.2 Å². The molecule has 0 aromatic heterocycles. The molecule has 0 aromatic rings. The van der Waals surface area contributed by atoms with Gasteiger partial charge in [-0.25, -0.2) is 0 Å². The van der Waals surface area contributed by atoms with Crippen LogP contribution in [0.1, 0.15) is 19.3 Å². The topological polar surface area (TPSA) is 9.23 Å². The highest BCUT2D eigenvalue weighted by atomic mass is 16.5. The van der Waals surface area contributed by atoms with Crippen LogP contribution < -0.4 is 0 Å². The van der Waals surface area contributed by atoms with Crippen molar-refractivity contribution in [2.45, 2.75) is 31.5 Å². The Bertz CT molecular complexity index is 118. The van der Waals surface area contributed by atoms with Crippen molar-refractivity contribution in [3.8, 4) is 0 Å². The molecular weight excluding hydrogens is 100 g/mol. The number of rotatable bonds is 0. The maximum Gasteiger partial charge on any atom is 0.0611 e. The molecule has 1 saturated carbocycles. The predicted octanol–water partition coefficient (Wildman–Crippen LogP) is 1.18. The van der Waals surface area contributed by atoms with Crippen molar-refractivity contribution in [3.63, 3.8) is 0 Å². The number of hydrogen-bond acceptors (Lipinski definition) is 1. The van der Waals surface area contributed by atoms with E-state index in [0.717, 1.165) is 11.8 Å². The smallest absolute Gasteiger partial charge is 0.0611 e. The Kier molecular flexibility index (Phi) is 0.472. The highest BCUT2D eigenvalue weighted by Gasteiger charge is 2.58. The lowest BCUT2D eigenvalue weighted by molar-refractivity contribution is 0.0726. The minimum Gasteiger partial charge on any atom is -0.374 e. The first kappa shape index (κ1) is 3.89. The summed E-state index contributed by atoms with van der Waals surface area (Å²) in [7, 11) is 0. The van der Waals surface area contributed by atoms with Crippen LogP contribution in [0.15, 0.2) is 0 Å². The number of fused-ring (bicyclic) bond motifs is 5. The van der Waals surface area contributed by atoms with E-state index in [4.69, 9.17) is 4.74 Å². The number of hydrogen-bond donors (Lipinski definition) is 0. The zero-order valence-electron chi connectivity index (χ0n) is 4.84. The van der Waals surface area contributed by atoms with Crippen molar-refractivity contribution in [2.75, 3.05) is 0 Å². The SMILES string of the molecule is C1CC2OC1C1CC21. The van der Waals surface area contributed by atoms with Gasteiger partial charge in [0, 0.05) is 0 Å². The molecule has 44 valence electrons. The van der Waals surface area contributed by atoms with Crippen molar-refractivity contribution in [3.05, 3.63) is 0 Å². The van der Waals surface area contributed by atoms with Gasteiger partial charge in [-0.2, -0.15) is 0 Å². The van der Waals surface area contributed by atoms with E-state index in [2.05, 4.69) is 0 Å². The van der Waals surface area contributed by atoms with Gasteiger partial charge in [0.1, 0.15) is 0 Å². The minimum absolute atomic E-state index is 0.713. The Morgan fingerprint density at radius 1 is 1.00 bits per heavy atom. The van der Waals surface area contributed by atoms with Gasteiger partial charge >= 0.3 is 0 Å². The molecule has 4 unspecified atom stereocenters. The molecule has 3 rings (SSSR count). The number of ether oxygens (including phenoxy) is 1. The Labute approximate surface area is 49.0 Å². The molecule has 0 amide bonds. The summed E-state index contributed by atoms with van der Waals surface area (Å²) in [6.07, 6.45) is 5.66. The van der Waals surface area contributed by atoms with Crippen LogP contribution in [-0.4, -0.2) is 12.2 Å². The second-order valence-electron chi connectivity index (χ2n) is 3.35. The molecule has 3 fully saturated rings. The maximum absolute atomic E-state index is 5.63. The lowest BCUT2D eigenvalue weighted by atomic mass is 10.0. The maximum atomic E-state index is 5.63. The molecule has 2 aliphatic heterocycles. The lowest BCUT2D eigenvalue weighted by Gasteiger charge is -2.00. The third kappa shape index (κ3) is 0.278. The summed E-state index contributed by atoms with van der Waals surface area (Å²) in [5.41, 5.74) is 0. The van der Waals surface area contributed by atoms with Crippen molar-refractivity contribution < 1.29 is 4.74 Å². The van der Waals surface area contributed by atoms with Crippen molar-refractivity contribution >= 4 is 0 Å². The average Bonchev–Trinajstić information content (AvgIpc) is 2.39. The van der Waals surface area contributed by atoms with E-state index in [-0.39, 0.29) is 0 Å². The molecule has 0 aromatic carbocycles. The summed E-state index contributed by atoms with van der Waals surface area (Å²) >= 11 is 0. The molecule has 4 atom stereocenters. The van der Waals surface area contributed by atoms with E-state index in [1.54, 1.807) is 0 Å². The van der Waals surface area contributed by atoms with Gasteiger partial charge in [-0.1, -0.05) is 0 Å². The monoisotopic (exact) mass is 110 g/mol. The normalized spacial score (nSPS) is 66.0. The van der Waals surface area contributed by atoms with Crippen LogP contribution >= 0.6 is 0 Å². The third-order valence-corrected chi connectivity index (χ3v) is 2.93. The molecule has 1 nitrogen and oxygen atoms in total. The van der Waals surface area contributed by atoms with Gasteiger partial charge in [0.2, 0.25) is 0 Å². The molecule has 3 aliphatic rings. The summed E-state index contributed by atoms with van der Waals surface area (Å²) in [6, 6.07) is 0. The van der Waals surface area contributed by atoms with Crippen LogP contribution in [-0.2, 0) is 4.74 Å². The minimum atomic E-state index is 0.713. The van der Waals surface area contributed by atoms with Crippen molar-refractivity contribution in [1.29, 1.82) is 0 Å². The molecule has 2 heterocycles. The van der Waals surface area contributed by atoms with Crippen LogP contribution in [0.2, 0.25) is 0 Å². The predicted molar refractivity (Wildman–Crippen MR) is 29.5 cm³/mol. The second kappa shape index (κ2) is 0.971. The summed E-state index contributed by atoms with van der Waals surface area (Å²) in [5, 5.41) is 0. The largest absolute Gasteiger partial charge is 0.374 e. The van der Waals surface area contributed by atoms with Gasteiger partial charge in [-0.05, 0) is 31.1 Å². The summed E-state index contributed by atoms with van der Waals surface area (Å²) in [4.78, 5) is 0. The van der Waals surface area contributed by atoms with Gasteiger partial charge in [0.05, 0.1) is 12.2 Å². The van der Waals surface area contributed by atoms with Crippen LogP contribution in [0.5, 0.6) is 0 Å². The van der Waals surface area contributed by atoms with E-state index < -0.39 is 0 Å². The van der Waals surface area contributed by atoms with Crippen molar-refractivity contribution in [2.24, 2.45) is 11.8 Å². The van der Waals surface area contributed by atoms with Gasteiger partial charge in [-0.15, -0.1) is 0 Å². The van der Waals surface area contributed by atoms with E-state index >= 15 is 0 Å². The summed E-state index contributed by atoms with van der Waals surface area (Å²) in [6.45, 7) is 0. The Hall–Kier alpha value is -0.0400. The molecular formula is C7H10O. The van der Waals surface area contributed by atoms with Gasteiger partial charge < -0.3 is 4.74 Å². The fourth-order valence-electron chi connectivity index (χ4n) is 2.41. The van der Waals surface area contributed by atoms with E-state index in [1.807, 2.05) is 0 Å². The average molecular weight is 110 g/mol. The fraction of sp³-hybridized carbons (Fsp3) is 1.00. The zero-order valence-corrected chi connectivity index (χ0v) is 4.84. The first-order chi connectivity index (χ1) is 3.95. The van der Waals surface area contributed by atoms with Crippen LogP contribution in [0, 0.1) is 11.8 Å². The molecule has 2 saturated heterocycles. The lowest BCUT2D eigenvalue weighted by Crippen LogP contribution is -2.03. The molecule has 1 aliphatic carbocycles. The molecule has 0 radical (unpaired) electrons. The highest BCUT2D eigenvalue weighted by molar-refractivity contribution is 5.06.